The summed E-state index contributed by atoms with van der Waals surface area (Å²) in [6, 6.07) is 19.6. The lowest BCUT2D eigenvalue weighted by Crippen LogP contribution is -2.16. The van der Waals surface area contributed by atoms with Crippen LogP contribution < -0.4 is 14.8 Å². The van der Waals surface area contributed by atoms with Crippen LogP contribution in [0.4, 0.5) is 11.6 Å². The zero-order valence-electron chi connectivity index (χ0n) is 18.2. The highest BCUT2D eigenvalue weighted by Crippen LogP contribution is 2.38. The molecule has 0 atom stereocenters. The van der Waals surface area contributed by atoms with Crippen molar-refractivity contribution in [1.82, 2.24) is 4.98 Å². The van der Waals surface area contributed by atoms with Gasteiger partial charge in [0.2, 0.25) is 26.6 Å². The largest absolute Gasteiger partial charge is 0.486 e. The molecule has 7 nitrogen and oxygen atoms in total. The third-order valence-corrected chi connectivity index (χ3v) is 7.02. The van der Waals surface area contributed by atoms with Crippen LogP contribution in [0.5, 0.6) is 11.5 Å². The van der Waals surface area contributed by atoms with Crippen LogP contribution in [0.15, 0.2) is 81.1 Å². The SMILES string of the molecule is Cc1ccc(Nc2oc(-c3ccccc3C)nc2S(=O)(=O)c2ccc3c(c2)OCCO3)cc1. The van der Waals surface area contributed by atoms with E-state index in [1.165, 1.54) is 12.1 Å². The molecule has 33 heavy (non-hydrogen) atoms. The fourth-order valence-electron chi connectivity index (χ4n) is 3.57. The van der Waals surface area contributed by atoms with Crippen LogP contribution in [0.2, 0.25) is 0 Å². The van der Waals surface area contributed by atoms with E-state index < -0.39 is 9.84 Å². The molecule has 1 aliphatic heterocycles. The third-order valence-electron chi connectivity index (χ3n) is 5.36. The maximum Gasteiger partial charge on any atom is 0.238 e. The number of rotatable bonds is 5. The van der Waals surface area contributed by atoms with E-state index in [-0.39, 0.29) is 21.7 Å². The van der Waals surface area contributed by atoms with Crippen LogP contribution >= 0.6 is 0 Å². The van der Waals surface area contributed by atoms with Gasteiger partial charge < -0.3 is 19.2 Å². The second kappa shape index (κ2) is 8.29. The number of sulfone groups is 1. The first kappa shape index (κ1) is 21.1. The Morgan fingerprint density at radius 1 is 0.879 bits per heavy atom. The second-order valence-electron chi connectivity index (χ2n) is 7.77. The number of aryl methyl sites for hydroxylation is 2. The number of hydrogen-bond donors (Lipinski definition) is 1. The highest BCUT2D eigenvalue weighted by atomic mass is 32.2. The van der Waals surface area contributed by atoms with Crippen molar-refractivity contribution in [2.45, 2.75) is 23.8 Å². The predicted molar refractivity (Wildman–Crippen MR) is 124 cm³/mol. The molecule has 0 amide bonds. The average molecular weight is 463 g/mol. The molecular weight excluding hydrogens is 440 g/mol. The first-order valence-electron chi connectivity index (χ1n) is 10.5. The summed E-state index contributed by atoms with van der Waals surface area (Å²) in [6.45, 7) is 4.68. The Labute approximate surface area is 191 Å². The summed E-state index contributed by atoms with van der Waals surface area (Å²) in [7, 11) is -4.03. The molecule has 1 aliphatic rings. The quantitative estimate of drug-likeness (QED) is 0.430. The van der Waals surface area contributed by atoms with Crippen LogP contribution in [0, 0.1) is 13.8 Å². The fraction of sp³-hybridized carbons (Fsp3) is 0.160. The summed E-state index contributed by atoms with van der Waals surface area (Å²) in [5, 5.41) is 2.89. The Bertz CT molecular complexity index is 1430. The summed E-state index contributed by atoms with van der Waals surface area (Å²) >= 11 is 0. The van der Waals surface area contributed by atoms with E-state index in [1.54, 1.807) is 6.07 Å². The van der Waals surface area contributed by atoms with Gasteiger partial charge in [-0.05, 0) is 49.7 Å². The third kappa shape index (κ3) is 4.05. The van der Waals surface area contributed by atoms with E-state index in [1.807, 2.05) is 62.4 Å². The molecule has 1 N–H and O–H groups in total. The lowest BCUT2D eigenvalue weighted by molar-refractivity contribution is 0.171. The zero-order valence-corrected chi connectivity index (χ0v) is 19.0. The molecule has 0 radical (unpaired) electrons. The first-order chi connectivity index (χ1) is 15.9. The second-order valence-corrected chi connectivity index (χ2v) is 9.63. The zero-order chi connectivity index (χ0) is 23.0. The van der Waals surface area contributed by atoms with E-state index >= 15 is 0 Å². The topological polar surface area (TPSA) is 90.7 Å². The molecule has 0 saturated heterocycles. The molecule has 1 aromatic heterocycles. The summed E-state index contributed by atoms with van der Waals surface area (Å²) < 4.78 is 44.4. The standard InChI is InChI=1S/C25H22N2O5S/c1-16-7-9-18(10-8-16)26-24-25(27-23(32-24)20-6-4-3-5-17(20)2)33(28,29)19-11-12-21-22(15-19)31-14-13-30-21/h3-12,15,26H,13-14H2,1-2H3. The van der Waals surface area contributed by atoms with Crippen LogP contribution in [0.3, 0.4) is 0 Å². The van der Waals surface area contributed by atoms with Crippen molar-refractivity contribution in [1.29, 1.82) is 0 Å². The van der Waals surface area contributed by atoms with Crippen LogP contribution in [0.25, 0.3) is 11.5 Å². The summed E-state index contributed by atoms with van der Waals surface area (Å²) in [4.78, 5) is 4.47. The molecule has 168 valence electrons. The van der Waals surface area contributed by atoms with Gasteiger partial charge in [0, 0.05) is 17.3 Å². The molecule has 3 aromatic carbocycles. The minimum Gasteiger partial charge on any atom is -0.486 e. The predicted octanol–water partition coefficient (Wildman–Crippen LogP) is 5.31. The monoisotopic (exact) mass is 462 g/mol. The molecule has 8 heteroatoms. The number of fused-ring (bicyclic) bond motifs is 1. The van der Waals surface area contributed by atoms with Crippen molar-refractivity contribution in [3.63, 3.8) is 0 Å². The molecule has 5 rings (SSSR count). The Morgan fingerprint density at radius 3 is 2.36 bits per heavy atom. The van der Waals surface area contributed by atoms with E-state index in [0.29, 0.717) is 36.0 Å². The molecule has 0 fully saturated rings. The molecule has 0 saturated carbocycles. The number of benzene rings is 3. The number of nitrogens with one attached hydrogen (secondary N) is 1. The van der Waals surface area contributed by atoms with Crippen molar-refractivity contribution < 1.29 is 22.3 Å². The Morgan fingerprint density at radius 2 is 1.61 bits per heavy atom. The van der Waals surface area contributed by atoms with Crippen LogP contribution in [-0.2, 0) is 9.84 Å². The molecule has 4 aromatic rings. The van der Waals surface area contributed by atoms with Crippen molar-refractivity contribution in [2.75, 3.05) is 18.5 Å². The van der Waals surface area contributed by atoms with E-state index in [4.69, 9.17) is 13.9 Å². The van der Waals surface area contributed by atoms with Gasteiger partial charge in [-0.1, -0.05) is 35.9 Å². The van der Waals surface area contributed by atoms with Crippen LogP contribution in [0.1, 0.15) is 11.1 Å². The van der Waals surface area contributed by atoms with E-state index in [2.05, 4.69) is 10.3 Å². The Kier molecular flexibility index (Phi) is 5.30. The van der Waals surface area contributed by atoms with Crippen molar-refractivity contribution in [2.24, 2.45) is 0 Å². The molecule has 0 spiro atoms. The lowest BCUT2D eigenvalue weighted by Gasteiger charge is -2.18. The molecule has 0 aliphatic carbocycles. The van der Waals surface area contributed by atoms with Crippen LogP contribution in [-0.4, -0.2) is 26.6 Å². The number of nitrogens with zero attached hydrogens (tertiary/aromatic N) is 1. The molecule has 0 unspecified atom stereocenters. The maximum absolute atomic E-state index is 13.7. The maximum atomic E-state index is 13.7. The Balaban J connectivity index is 1.63. The molecular formula is C25H22N2O5S. The molecule has 0 bridgehead atoms. The smallest absolute Gasteiger partial charge is 0.238 e. The van der Waals surface area contributed by atoms with Gasteiger partial charge in [-0.3, -0.25) is 0 Å². The van der Waals surface area contributed by atoms with Gasteiger partial charge in [0.1, 0.15) is 13.2 Å². The van der Waals surface area contributed by atoms with Gasteiger partial charge in [-0.2, -0.15) is 4.98 Å². The minimum absolute atomic E-state index is 0.0448. The van der Waals surface area contributed by atoms with Crippen molar-refractivity contribution >= 4 is 21.4 Å². The number of ether oxygens (including phenoxy) is 2. The van der Waals surface area contributed by atoms with Gasteiger partial charge in [0.25, 0.3) is 0 Å². The molecule has 2 heterocycles. The van der Waals surface area contributed by atoms with E-state index in [0.717, 1.165) is 11.1 Å². The van der Waals surface area contributed by atoms with Gasteiger partial charge in [0.05, 0.1) is 4.90 Å². The van der Waals surface area contributed by atoms with E-state index in [9.17, 15) is 8.42 Å². The summed E-state index contributed by atoms with van der Waals surface area (Å²) in [5.41, 5.74) is 3.41. The normalized spacial score (nSPS) is 13.0. The fourth-order valence-corrected chi connectivity index (χ4v) is 4.84. The number of anilines is 2. The highest BCUT2D eigenvalue weighted by Gasteiger charge is 2.30. The minimum atomic E-state index is -4.03. The van der Waals surface area contributed by atoms with Crippen molar-refractivity contribution in [3.8, 4) is 23.0 Å². The summed E-state index contributed by atoms with van der Waals surface area (Å²) in [5.74, 6) is 1.17. The number of oxazole rings is 1. The van der Waals surface area contributed by atoms with Gasteiger partial charge >= 0.3 is 0 Å². The highest BCUT2D eigenvalue weighted by molar-refractivity contribution is 7.91. The first-order valence-corrected chi connectivity index (χ1v) is 12.0. The number of hydrogen-bond acceptors (Lipinski definition) is 7. The summed E-state index contributed by atoms with van der Waals surface area (Å²) in [6.07, 6.45) is 0. The van der Waals surface area contributed by atoms with Gasteiger partial charge in [-0.25, -0.2) is 8.42 Å². The Hall–Kier alpha value is -3.78. The lowest BCUT2D eigenvalue weighted by atomic mass is 10.1. The van der Waals surface area contributed by atoms with Gasteiger partial charge in [0.15, 0.2) is 11.5 Å². The average Bonchev–Trinajstić information content (AvgIpc) is 3.25. The van der Waals surface area contributed by atoms with Crippen molar-refractivity contribution in [3.05, 3.63) is 77.9 Å². The number of aromatic nitrogens is 1. The van der Waals surface area contributed by atoms with Gasteiger partial charge in [-0.15, -0.1) is 0 Å².